The first-order chi connectivity index (χ1) is 10.4. The minimum absolute atomic E-state index is 0.168. The predicted octanol–water partition coefficient (Wildman–Crippen LogP) is 2.66. The molecule has 1 N–H and O–H groups in total. The van der Waals surface area contributed by atoms with E-state index < -0.39 is 0 Å². The number of anilines is 1. The largest absolute Gasteiger partial charge is 0.384 e. The highest BCUT2D eigenvalue weighted by Crippen LogP contribution is 2.44. The number of nitrogens with zero attached hydrogens (tertiary/aromatic N) is 2. The van der Waals surface area contributed by atoms with Crippen LogP contribution in [0.15, 0.2) is 28.8 Å². The molecule has 0 spiro atoms. The lowest BCUT2D eigenvalue weighted by Gasteiger charge is -2.13. The Hall–Kier alpha value is -1.88. The van der Waals surface area contributed by atoms with Crippen molar-refractivity contribution in [2.24, 2.45) is 0 Å². The van der Waals surface area contributed by atoms with Gasteiger partial charge in [0.2, 0.25) is 5.89 Å². The molecule has 4 heterocycles. The van der Waals surface area contributed by atoms with Gasteiger partial charge in [0.25, 0.3) is 0 Å². The smallest absolute Gasteiger partial charge is 0.236 e. The lowest BCUT2D eigenvalue weighted by atomic mass is 9.89. The van der Waals surface area contributed by atoms with Crippen molar-refractivity contribution in [3.8, 4) is 0 Å². The number of hydrogen-bond acceptors (Lipinski definition) is 5. The molecule has 5 heteroatoms. The van der Waals surface area contributed by atoms with Gasteiger partial charge in [-0.1, -0.05) is 23.4 Å². The molecule has 2 bridgehead atoms. The molecule has 108 valence electrons. The summed E-state index contributed by atoms with van der Waals surface area (Å²) in [6.45, 7) is 0.828. The van der Waals surface area contributed by atoms with Crippen LogP contribution in [0.3, 0.4) is 0 Å². The van der Waals surface area contributed by atoms with E-state index in [1.54, 1.807) is 0 Å². The summed E-state index contributed by atoms with van der Waals surface area (Å²) in [5.41, 5.74) is 2.42. The first-order valence-electron chi connectivity index (χ1n) is 7.70. The highest BCUT2D eigenvalue weighted by Gasteiger charge is 2.44. The lowest BCUT2D eigenvalue weighted by Crippen LogP contribution is -2.15. The second-order valence-electron chi connectivity index (χ2n) is 6.23. The molecule has 0 radical (unpaired) electrons. The molecule has 4 unspecified atom stereocenters. The van der Waals surface area contributed by atoms with E-state index in [1.807, 2.05) is 6.07 Å². The summed E-state index contributed by atoms with van der Waals surface area (Å²) in [6, 6.07) is 8.32. The van der Waals surface area contributed by atoms with Crippen LogP contribution < -0.4 is 5.32 Å². The van der Waals surface area contributed by atoms with Gasteiger partial charge in [-0.3, -0.25) is 0 Å². The number of benzene rings is 1. The molecule has 2 fully saturated rings. The number of aromatic nitrogens is 2. The third-order valence-electron chi connectivity index (χ3n) is 5.03. The van der Waals surface area contributed by atoms with E-state index >= 15 is 0 Å². The van der Waals surface area contributed by atoms with Gasteiger partial charge in [-0.05, 0) is 30.9 Å². The highest BCUT2D eigenvalue weighted by molar-refractivity contribution is 5.59. The van der Waals surface area contributed by atoms with Gasteiger partial charge in [-0.15, -0.1) is 0 Å². The van der Waals surface area contributed by atoms with Crippen molar-refractivity contribution in [1.82, 2.24) is 10.1 Å². The maximum atomic E-state index is 5.90. The van der Waals surface area contributed by atoms with E-state index in [2.05, 4.69) is 28.7 Å². The van der Waals surface area contributed by atoms with E-state index in [-0.39, 0.29) is 5.92 Å². The number of rotatable bonds is 2. The Kier molecular flexibility index (Phi) is 2.41. The standard InChI is InChI=1S/C16H17N3O2/c1-2-4-13-10(3-1)12(8-17-13)16-18-15(19-21-16)11-7-9-5-6-14(11)20-9/h1-4,9,11-12,14,17H,5-8H2. The van der Waals surface area contributed by atoms with E-state index in [0.717, 1.165) is 31.1 Å². The Morgan fingerprint density at radius 3 is 3.00 bits per heavy atom. The van der Waals surface area contributed by atoms with Crippen LogP contribution in [-0.4, -0.2) is 28.9 Å². The van der Waals surface area contributed by atoms with E-state index in [4.69, 9.17) is 14.2 Å². The minimum Gasteiger partial charge on any atom is -0.384 e. The molecule has 2 aromatic rings. The number of nitrogens with one attached hydrogen (secondary N) is 1. The second-order valence-corrected chi connectivity index (χ2v) is 6.23. The summed E-state index contributed by atoms with van der Waals surface area (Å²) in [5.74, 6) is 2.06. The molecule has 0 aliphatic carbocycles. The quantitative estimate of drug-likeness (QED) is 0.918. The fraction of sp³-hybridized carbons (Fsp3) is 0.500. The summed E-state index contributed by atoms with van der Waals surface area (Å²) in [5, 5.41) is 7.64. The zero-order chi connectivity index (χ0) is 13.8. The van der Waals surface area contributed by atoms with E-state index in [9.17, 15) is 0 Å². The number of fused-ring (bicyclic) bond motifs is 3. The van der Waals surface area contributed by atoms with Gasteiger partial charge >= 0.3 is 0 Å². The molecule has 4 atom stereocenters. The number of para-hydroxylation sites is 1. The summed E-state index contributed by atoms with van der Waals surface area (Å²) < 4.78 is 11.5. The summed E-state index contributed by atoms with van der Waals surface area (Å²) in [6.07, 6.45) is 4.08. The fourth-order valence-corrected chi connectivity index (χ4v) is 3.95. The molecular weight excluding hydrogens is 266 g/mol. The van der Waals surface area contributed by atoms with Crippen LogP contribution >= 0.6 is 0 Å². The Bertz CT molecular complexity index is 684. The average molecular weight is 283 g/mol. The van der Waals surface area contributed by atoms with Crippen LogP contribution in [0.25, 0.3) is 0 Å². The zero-order valence-electron chi connectivity index (χ0n) is 11.7. The minimum atomic E-state index is 0.168. The Morgan fingerprint density at radius 2 is 2.14 bits per heavy atom. The van der Waals surface area contributed by atoms with Crippen molar-refractivity contribution in [2.75, 3.05) is 11.9 Å². The van der Waals surface area contributed by atoms with Crippen LogP contribution in [0.5, 0.6) is 0 Å². The third-order valence-corrected chi connectivity index (χ3v) is 5.03. The fourth-order valence-electron chi connectivity index (χ4n) is 3.95. The predicted molar refractivity (Wildman–Crippen MR) is 76.3 cm³/mol. The maximum absolute atomic E-state index is 5.90. The SMILES string of the molecule is c1ccc2c(c1)NCC2c1nc(C2CC3CCC2O3)no1. The topological polar surface area (TPSA) is 60.2 Å². The van der Waals surface area contributed by atoms with Gasteiger partial charge in [0.1, 0.15) is 0 Å². The summed E-state index contributed by atoms with van der Waals surface area (Å²) >= 11 is 0. The number of ether oxygens (including phenoxy) is 1. The molecular formula is C16H17N3O2. The van der Waals surface area contributed by atoms with Crippen LogP contribution in [0, 0.1) is 0 Å². The van der Waals surface area contributed by atoms with Crippen molar-refractivity contribution in [1.29, 1.82) is 0 Å². The molecule has 21 heavy (non-hydrogen) atoms. The molecule has 5 rings (SSSR count). The van der Waals surface area contributed by atoms with Crippen molar-refractivity contribution in [2.45, 2.75) is 43.3 Å². The monoisotopic (exact) mass is 283 g/mol. The molecule has 2 saturated heterocycles. The van der Waals surface area contributed by atoms with Gasteiger partial charge in [-0.25, -0.2) is 0 Å². The normalized spacial score (nSPS) is 33.1. The average Bonchev–Trinajstić information content (AvgIpc) is 3.28. The van der Waals surface area contributed by atoms with Gasteiger partial charge in [0.05, 0.1) is 24.0 Å². The Morgan fingerprint density at radius 1 is 1.19 bits per heavy atom. The number of hydrogen-bond donors (Lipinski definition) is 1. The molecule has 0 amide bonds. The second kappa shape index (κ2) is 4.31. The van der Waals surface area contributed by atoms with E-state index in [1.165, 1.54) is 17.7 Å². The molecule has 1 aromatic heterocycles. The Labute approximate surface area is 122 Å². The van der Waals surface area contributed by atoms with Crippen molar-refractivity contribution >= 4 is 5.69 Å². The maximum Gasteiger partial charge on any atom is 0.236 e. The zero-order valence-corrected chi connectivity index (χ0v) is 11.7. The van der Waals surface area contributed by atoms with Gasteiger partial charge in [0.15, 0.2) is 5.82 Å². The van der Waals surface area contributed by atoms with Crippen molar-refractivity contribution < 1.29 is 9.26 Å². The first kappa shape index (κ1) is 11.7. The van der Waals surface area contributed by atoms with Gasteiger partial charge in [-0.2, -0.15) is 4.98 Å². The summed E-state index contributed by atoms with van der Waals surface area (Å²) in [7, 11) is 0. The Balaban J connectivity index is 1.44. The molecule has 1 aromatic carbocycles. The summed E-state index contributed by atoms with van der Waals surface area (Å²) in [4.78, 5) is 4.69. The van der Waals surface area contributed by atoms with Crippen molar-refractivity contribution in [3.05, 3.63) is 41.5 Å². The third kappa shape index (κ3) is 1.73. The van der Waals surface area contributed by atoms with Crippen LogP contribution in [0.4, 0.5) is 5.69 Å². The highest BCUT2D eigenvalue weighted by atomic mass is 16.5. The molecule has 5 nitrogen and oxygen atoms in total. The molecule has 0 saturated carbocycles. The lowest BCUT2D eigenvalue weighted by molar-refractivity contribution is 0.0996. The van der Waals surface area contributed by atoms with Crippen molar-refractivity contribution in [3.63, 3.8) is 0 Å². The van der Waals surface area contributed by atoms with E-state index in [0.29, 0.717) is 18.1 Å². The van der Waals surface area contributed by atoms with Crippen LogP contribution in [0.1, 0.15) is 48.4 Å². The van der Waals surface area contributed by atoms with Gasteiger partial charge in [0, 0.05) is 12.2 Å². The van der Waals surface area contributed by atoms with Gasteiger partial charge < -0.3 is 14.6 Å². The molecule has 3 aliphatic rings. The van der Waals surface area contributed by atoms with Crippen LogP contribution in [0.2, 0.25) is 0 Å². The molecule has 3 aliphatic heterocycles. The first-order valence-corrected chi connectivity index (χ1v) is 7.70. The van der Waals surface area contributed by atoms with Crippen LogP contribution in [-0.2, 0) is 4.74 Å².